The molecule has 0 saturated carbocycles. The highest BCUT2D eigenvalue weighted by Crippen LogP contribution is 2.43. The van der Waals surface area contributed by atoms with E-state index in [-0.39, 0.29) is 63.9 Å². The first-order valence-corrected chi connectivity index (χ1v) is 17.3. The van der Waals surface area contributed by atoms with Gasteiger partial charge in [-0.3, -0.25) is 4.90 Å². The summed E-state index contributed by atoms with van der Waals surface area (Å²) in [6.45, 7) is 8.51. The Morgan fingerprint density at radius 2 is 1.86 bits per heavy atom. The average molecular weight is 681 g/mol. The molecule has 2 bridgehead atoms. The van der Waals surface area contributed by atoms with Gasteiger partial charge in [-0.05, 0) is 82.5 Å². The van der Waals surface area contributed by atoms with Crippen molar-refractivity contribution in [3.63, 3.8) is 0 Å². The third-order valence-corrected chi connectivity index (χ3v) is 10.5. The van der Waals surface area contributed by atoms with Crippen LogP contribution in [0.15, 0.2) is 24.3 Å². The average Bonchev–Trinajstić information content (AvgIpc) is 3.72. The molecule has 4 aliphatic rings. The number of pyridine rings is 1. The predicted octanol–water partition coefficient (Wildman–Crippen LogP) is 6.10. The summed E-state index contributed by atoms with van der Waals surface area (Å²) in [6.07, 6.45) is 8.97. The van der Waals surface area contributed by atoms with Crippen molar-refractivity contribution in [2.45, 2.75) is 76.7 Å². The number of nitrogens with one attached hydrogen (secondary N) is 1. The van der Waals surface area contributed by atoms with Gasteiger partial charge in [0.1, 0.15) is 47.1 Å². The topological polar surface area (TPSA) is 86.6 Å². The Bertz CT molecular complexity index is 2140. The maximum Gasteiger partial charge on any atom is 0.319 e. The van der Waals surface area contributed by atoms with Crippen molar-refractivity contribution in [1.82, 2.24) is 25.2 Å². The number of halogens is 3. The van der Waals surface area contributed by atoms with E-state index in [1.807, 2.05) is 20.8 Å². The number of aromatic nitrogens is 3. The first kappa shape index (κ1) is 32.6. The van der Waals surface area contributed by atoms with Gasteiger partial charge in [0.05, 0.1) is 16.5 Å². The summed E-state index contributed by atoms with van der Waals surface area (Å²) in [4.78, 5) is 18.7. The van der Waals surface area contributed by atoms with Gasteiger partial charge < -0.3 is 20.1 Å². The molecule has 4 aromatic rings. The SMILES string of the molecule is C#Cc1c(F)ccc2cc(O)cc(-c3nc(C#CC(C)(C)C)c4c(N5C[C@H]6CC[C@@H](C5)N6)nc(OC[C@@]56CCCN5C[C@H](F)C6)nc4c3F)c12. The number of rotatable bonds is 5. The van der Waals surface area contributed by atoms with E-state index in [4.69, 9.17) is 21.1 Å². The molecule has 8 rings (SSSR count). The lowest BCUT2D eigenvalue weighted by atomic mass is 9.95. The zero-order valence-corrected chi connectivity index (χ0v) is 28.4. The van der Waals surface area contributed by atoms with Crippen LogP contribution >= 0.6 is 0 Å². The van der Waals surface area contributed by atoms with Gasteiger partial charge in [0.2, 0.25) is 0 Å². The van der Waals surface area contributed by atoms with Crippen molar-refractivity contribution in [3.05, 3.63) is 47.2 Å². The van der Waals surface area contributed by atoms with Gasteiger partial charge in [-0.1, -0.05) is 17.9 Å². The second kappa shape index (κ2) is 12.0. The molecule has 4 saturated heterocycles. The van der Waals surface area contributed by atoms with Crippen LogP contribution in [0.2, 0.25) is 0 Å². The van der Waals surface area contributed by atoms with Gasteiger partial charge in [0.25, 0.3) is 0 Å². The summed E-state index contributed by atoms with van der Waals surface area (Å²) in [6, 6.07) is 5.93. The van der Waals surface area contributed by atoms with Gasteiger partial charge in [0, 0.05) is 54.5 Å². The number of hydrogen-bond donors (Lipinski definition) is 2. The van der Waals surface area contributed by atoms with Gasteiger partial charge in [-0.15, -0.1) is 6.42 Å². The fourth-order valence-corrected chi connectivity index (χ4v) is 8.31. The Kier molecular flexibility index (Phi) is 7.85. The molecule has 6 heterocycles. The van der Waals surface area contributed by atoms with Crippen molar-refractivity contribution >= 4 is 27.5 Å². The van der Waals surface area contributed by atoms with E-state index in [2.05, 4.69) is 37.9 Å². The van der Waals surface area contributed by atoms with Crippen LogP contribution in [0.25, 0.3) is 32.9 Å². The lowest BCUT2D eigenvalue weighted by Gasteiger charge is -2.35. The molecule has 4 aliphatic heterocycles. The Labute approximate surface area is 289 Å². The molecule has 4 fully saturated rings. The Morgan fingerprint density at radius 3 is 2.60 bits per heavy atom. The van der Waals surface area contributed by atoms with E-state index in [0.717, 1.165) is 32.2 Å². The normalized spacial score (nSPS) is 24.7. The lowest BCUT2D eigenvalue weighted by Crippen LogP contribution is -2.51. The molecule has 2 aromatic carbocycles. The van der Waals surface area contributed by atoms with Crippen molar-refractivity contribution in [2.75, 3.05) is 37.7 Å². The molecule has 2 N–H and O–H groups in total. The quantitative estimate of drug-likeness (QED) is 0.245. The number of ether oxygens (including phenoxy) is 1. The van der Waals surface area contributed by atoms with Crippen LogP contribution in [0.5, 0.6) is 11.8 Å². The Morgan fingerprint density at radius 1 is 1.08 bits per heavy atom. The van der Waals surface area contributed by atoms with E-state index in [9.17, 15) is 9.50 Å². The summed E-state index contributed by atoms with van der Waals surface area (Å²) >= 11 is 0. The number of nitrogens with zero attached hydrogens (tertiary/aromatic N) is 5. The van der Waals surface area contributed by atoms with Crippen LogP contribution in [0.1, 0.15) is 64.1 Å². The van der Waals surface area contributed by atoms with Crippen LogP contribution in [-0.4, -0.2) is 81.5 Å². The van der Waals surface area contributed by atoms with Crippen LogP contribution in [0, 0.1) is 41.2 Å². The van der Waals surface area contributed by atoms with Crippen LogP contribution in [-0.2, 0) is 0 Å². The van der Waals surface area contributed by atoms with Crippen molar-refractivity contribution in [2.24, 2.45) is 5.41 Å². The van der Waals surface area contributed by atoms with Crippen molar-refractivity contribution in [1.29, 1.82) is 0 Å². The Balaban J connectivity index is 1.37. The molecule has 0 amide bonds. The van der Waals surface area contributed by atoms with Crippen LogP contribution < -0.4 is 15.0 Å². The minimum absolute atomic E-state index is 0.0242. The molecule has 258 valence electrons. The molecular weight excluding hydrogens is 641 g/mol. The minimum atomic E-state index is -0.937. The number of anilines is 1. The minimum Gasteiger partial charge on any atom is -0.508 e. The zero-order valence-electron chi connectivity index (χ0n) is 28.4. The number of hydrogen-bond acceptors (Lipinski definition) is 8. The largest absolute Gasteiger partial charge is 0.508 e. The van der Waals surface area contributed by atoms with E-state index in [1.54, 1.807) is 0 Å². The zero-order chi connectivity index (χ0) is 34.9. The van der Waals surface area contributed by atoms with E-state index >= 15 is 8.78 Å². The van der Waals surface area contributed by atoms with Crippen molar-refractivity contribution in [3.8, 4) is 47.2 Å². The van der Waals surface area contributed by atoms with E-state index in [1.165, 1.54) is 24.3 Å². The summed E-state index contributed by atoms with van der Waals surface area (Å²) in [5, 5.41) is 15.4. The summed E-state index contributed by atoms with van der Waals surface area (Å²) < 4.78 is 53.4. The number of phenols is 1. The highest BCUT2D eigenvalue weighted by Gasteiger charge is 2.49. The molecule has 0 unspecified atom stereocenters. The first-order valence-electron chi connectivity index (χ1n) is 17.3. The van der Waals surface area contributed by atoms with Gasteiger partial charge >= 0.3 is 6.01 Å². The molecule has 0 aliphatic carbocycles. The highest BCUT2D eigenvalue weighted by molar-refractivity contribution is 6.04. The van der Waals surface area contributed by atoms with Crippen LogP contribution in [0.3, 0.4) is 0 Å². The summed E-state index contributed by atoms with van der Waals surface area (Å²) in [7, 11) is 0. The summed E-state index contributed by atoms with van der Waals surface area (Å²) in [5.74, 6) is 7.67. The smallest absolute Gasteiger partial charge is 0.319 e. The molecule has 11 heteroatoms. The number of piperazine rings is 1. The van der Waals surface area contributed by atoms with Gasteiger partial charge in [0.15, 0.2) is 5.82 Å². The fourth-order valence-electron chi connectivity index (χ4n) is 8.31. The maximum absolute atomic E-state index is 17.3. The monoisotopic (exact) mass is 680 g/mol. The number of benzene rings is 2. The fraction of sp³-hybridized carbons (Fsp3) is 0.462. The molecule has 50 heavy (non-hydrogen) atoms. The second-order valence-electron chi connectivity index (χ2n) is 15.2. The predicted molar refractivity (Wildman–Crippen MR) is 187 cm³/mol. The van der Waals surface area contributed by atoms with E-state index < -0.39 is 28.8 Å². The molecule has 2 aromatic heterocycles. The third-order valence-electron chi connectivity index (χ3n) is 10.5. The summed E-state index contributed by atoms with van der Waals surface area (Å²) in [5.41, 5.74) is -0.878. The number of fused-ring (bicyclic) bond motifs is 5. The molecule has 4 atom stereocenters. The molecule has 8 nitrogen and oxygen atoms in total. The first-order chi connectivity index (χ1) is 23.9. The molecule has 0 radical (unpaired) electrons. The number of terminal acetylenes is 1. The number of alkyl halides is 1. The van der Waals surface area contributed by atoms with Gasteiger partial charge in [-0.2, -0.15) is 9.97 Å². The maximum atomic E-state index is 17.3. The standard InChI is InChI=1S/C39H39F3N6O2/c1-5-27-29(41)10-7-22-15-26(49)16-28(31(22)27)34-33(42)35-32(30(44-34)11-13-38(2,3)4)36(47-19-24-8-9-25(20-47)43-24)46-37(45-35)50-21-39-12-6-14-48(39)18-23(40)17-39/h1,7,10,15-16,23-25,43,49H,6,8-9,12,14,17-21H2,2-4H3/t23-,24-,25+,39+/m1/s1. The Hall–Kier alpha value is -4.58. The van der Waals surface area contributed by atoms with Gasteiger partial charge in [-0.25, -0.2) is 18.2 Å². The number of aromatic hydroxyl groups is 1. The van der Waals surface area contributed by atoms with Crippen LogP contribution in [0.4, 0.5) is 19.0 Å². The molecular formula is C39H39F3N6O2. The third kappa shape index (κ3) is 5.67. The highest BCUT2D eigenvalue weighted by atomic mass is 19.1. The lowest BCUT2D eigenvalue weighted by molar-refractivity contribution is 0.107. The second-order valence-corrected chi connectivity index (χ2v) is 15.2. The number of phenolic OH excluding ortho intramolecular Hbond substituents is 1. The molecule has 0 spiro atoms. The van der Waals surface area contributed by atoms with Crippen molar-refractivity contribution < 1.29 is 23.0 Å². The van der Waals surface area contributed by atoms with E-state index in [0.29, 0.717) is 42.6 Å².